The fourth-order valence-electron chi connectivity index (χ4n) is 3.13. The second kappa shape index (κ2) is 10.5. The van der Waals surface area contributed by atoms with E-state index in [9.17, 15) is 13.2 Å². The number of hydrogen-bond acceptors (Lipinski definition) is 7. The molecule has 1 aliphatic rings. The minimum Gasteiger partial charge on any atom is -0.379 e. The molecule has 0 aliphatic carbocycles. The number of aryl methyl sites for hydroxylation is 1. The van der Waals surface area contributed by atoms with Gasteiger partial charge in [0, 0.05) is 31.6 Å². The normalized spacial score (nSPS) is 15.4. The van der Waals surface area contributed by atoms with Crippen LogP contribution in [0.1, 0.15) is 23.2 Å². The number of aromatic nitrogens is 1. The van der Waals surface area contributed by atoms with Gasteiger partial charge in [-0.1, -0.05) is 19.1 Å². The first kappa shape index (κ1) is 22.8. The number of likely N-dealkylation sites (N-methyl/N-ethyl adjacent to an activating group) is 1. The number of nitrogens with one attached hydrogen (secondary N) is 1. The van der Waals surface area contributed by atoms with E-state index in [2.05, 4.69) is 17.2 Å². The maximum Gasteiger partial charge on any atom is 0.243 e. The van der Waals surface area contributed by atoms with E-state index in [-0.39, 0.29) is 17.3 Å². The SMILES string of the molecule is CCc1nc(CN(C)CC(=O)NCc2ccc(S(=O)(=O)N3CCOCC3)cc2)cs1. The molecule has 2 heterocycles. The summed E-state index contributed by atoms with van der Waals surface area (Å²) >= 11 is 1.64. The minimum absolute atomic E-state index is 0.0894. The summed E-state index contributed by atoms with van der Waals surface area (Å²) in [5, 5.41) is 6.01. The van der Waals surface area contributed by atoms with E-state index in [1.54, 1.807) is 35.6 Å². The maximum atomic E-state index is 12.6. The number of carbonyl (C=O) groups excluding carboxylic acids is 1. The average molecular weight is 453 g/mol. The number of rotatable bonds is 9. The molecule has 1 aromatic heterocycles. The fourth-order valence-corrected chi connectivity index (χ4v) is 5.28. The van der Waals surface area contributed by atoms with E-state index in [1.165, 1.54) is 4.31 Å². The van der Waals surface area contributed by atoms with Crippen LogP contribution >= 0.6 is 11.3 Å². The molecule has 164 valence electrons. The van der Waals surface area contributed by atoms with Gasteiger partial charge in [0.2, 0.25) is 15.9 Å². The maximum absolute atomic E-state index is 12.6. The summed E-state index contributed by atoms with van der Waals surface area (Å²) in [5.74, 6) is -0.0894. The van der Waals surface area contributed by atoms with Crippen molar-refractivity contribution in [2.75, 3.05) is 39.9 Å². The third-order valence-corrected chi connectivity index (χ3v) is 7.72. The van der Waals surface area contributed by atoms with Gasteiger partial charge in [0.05, 0.1) is 35.4 Å². The van der Waals surface area contributed by atoms with Gasteiger partial charge in [-0.15, -0.1) is 11.3 Å². The lowest BCUT2D eigenvalue weighted by Crippen LogP contribution is -2.40. The topological polar surface area (TPSA) is 91.8 Å². The molecule has 10 heteroatoms. The fraction of sp³-hybridized carbons (Fsp3) is 0.500. The van der Waals surface area contributed by atoms with Gasteiger partial charge in [-0.2, -0.15) is 4.31 Å². The van der Waals surface area contributed by atoms with E-state index in [0.717, 1.165) is 22.7 Å². The van der Waals surface area contributed by atoms with Crippen molar-refractivity contribution in [3.8, 4) is 0 Å². The number of sulfonamides is 1. The number of nitrogens with zero attached hydrogens (tertiary/aromatic N) is 3. The Balaban J connectivity index is 1.47. The first-order chi connectivity index (χ1) is 14.4. The van der Waals surface area contributed by atoms with Crippen molar-refractivity contribution in [3.63, 3.8) is 0 Å². The van der Waals surface area contributed by atoms with Crippen molar-refractivity contribution in [1.82, 2.24) is 19.5 Å². The Kier molecular flexibility index (Phi) is 7.95. The molecule has 1 aliphatic heterocycles. The highest BCUT2D eigenvalue weighted by molar-refractivity contribution is 7.89. The van der Waals surface area contributed by atoms with Crippen LogP contribution in [0.15, 0.2) is 34.5 Å². The Hall–Kier alpha value is -1.85. The molecular formula is C20H28N4O4S2. The largest absolute Gasteiger partial charge is 0.379 e. The summed E-state index contributed by atoms with van der Waals surface area (Å²) < 4.78 is 32.0. The molecule has 8 nitrogen and oxygen atoms in total. The van der Waals surface area contributed by atoms with E-state index in [1.807, 2.05) is 17.3 Å². The van der Waals surface area contributed by atoms with Gasteiger partial charge in [0.25, 0.3) is 0 Å². The number of benzene rings is 1. The van der Waals surface area contributed by atoms with Gasteiger partial charge >= 0.3 is 0 Å². The van der Waals surface area contributed by atoms with Gasteiger partial charge in [0.15, 0.2) is 0 Å². The molecule has 0 spiro atoms. The van der Waals surface area contributed by atoms with Crippen LogP contribution in [0, 0.1) is 0 Å². The molecule has 0 saturated carbocycles. The lowest BCUT2D eigenvalue weighted by Gasteiger charge is -2.26. The van der Waals surface area contributed by atoms with E-state index < -0.39 is 10.0 Å². The van der Waals surface area contributed by atoms with Crippen LogP contribution in [0.5, 0.6) is 0 Å². The standard InChI is InChI=1S/C20H28N4O4S2/c1-3-20-22-17(15-29-20)13-23(2)14-19(25)21-12-16-4-6-18(7-5-16)30(26,27)24-8-10-28-11-9-24/h4-7,15H,3,8-14H2,1-2H3,(H,21,25). The van der Waals surface area contributed by atoms with E-state index >= 15 is 0 Å². The van der Waals surface area contributed by atoms with Gasteiger partial charge in [0.1, 0.15) is 0 Å². The second-order valence-electron chi connectivity index (χ2n) is 7.20. The monoisotopic (exact) mass is 452 g/mol. The van der Waals surface area contributed by atoms with Gasteiger partial charge in [-0.25, -0.2) is 13.4 Å². The summed E-state index contributed by atoms with van der Waals surface area (Å²) in [4.78, 5) is 18.9. The zero-order valence-corrected chi connectivity index (χ0v) is 19.0. The zero-order valence-electron chi connectivity index (χ0n) is 17.3. The Morgan fingerprint density at radius 1 is 1.27 bits per heavy atom. The number of carbonyl (C=O) groups is 1. The smallest absolute Gasteiger partial charge is 0.243 e. The Morgan fingerprint density at radius 3 is 2.60 bits per heavy atom. The van der Waals surface area contributed by atoms with Crippen LogP contribution in [0.3, 0.4) is 0 Å². The Bertz CT molecular complexity index is 938. The average Bonchev–Trinajstić information content (AvgIpc) is 3.20. The highest BCUT2D eigenvalue weighted by atomic mass is 32.2. The molecule has 2 aromatic rings. The highest BCUT2D eigenvalue weighted by Gasteiger charge is 2.26. The first-order valence-electron chi connectivity index (χ1n) is 9.94. The molecule has 0 atom stereocenters. The summed E-state index contributed by atoms with van der Waals surface area (Å²) in [6.07, 6.45) is 0.918. The van der Waals surface area contributed by atoms with Crippen LogP contribution in [-0.2, 0) is 39.1 Å². The van der Waals surface area contributed by atoms with Crippen molar-refractivity contribution in [3.05, 3.63) is 45.9 Å². The zero-order chi connectivity index (χ0) is 21.6. The lowest BCUT2D eigenvalue weighted by molar-refractivity contribution is -0.122. The van der Waals surface area contributed by atoms with Gasteiger partial charge in [-0.3, -0.25) is 9.69 Å². The number of amides is 1. The van der Waals surface area contributed by atoms with Gasteiger partial charge in [-0.05, 0) is 31.2 Å². The summed E-state index contributed by atoms with van der Waals surface area (Å²) in [7, 11) is -1.62. The van der Waals surface area contributed by atoms with E-state index in [0.29, 0.717) is 39.4 Å². The Morgan fingerprint density at radius 2 is 1.97 bits per heavy atom. The molecule has 1 saturated heterocycles. The molecule has 1 N–H and O–H groups in total. The number of morpholine rings is 1. The van der Waals surface area contributed by atoms with Crippen molar-refractivity contribution >= 4 is 27.3 Å². The molecule has 0 radical (unpaired) electrons. The van der Waals surface area contributed by atoms with Crippen molar-refractivity contribution in [1.29, 1.82) is 0 Å². The minimum atomic E-state index is -3.50. The lowest BCUT2D eigenvalue weighted by atomic mass is 10.2. The third kappa shape index (κ3) is 6.08. The molecule has 3 rings (SSSR count). The first-order valence-corrected chi connectivity index (χ1v) is 12.3. The Labute approximate surface area is 181 Å². The predicted molar refractivity (Wildman–Crippen MR) is 116 cm³/mol. The molecule has 0 bridgehead atoms. The van der Waals surface area contributed by atoms with Crippen LogP contribution < -0.4 is 5.32 Å². The van der Waals surface area contributed by atoms with Crippen LogP contribution in [0.4, 0.5) is 0 Å². The van der Waals surface area contributed by atoms with Crippen molar-refractivity contribution < 1.29 is 17.9 Å². The number of hydrogen-bond donors (Lipinski definition) is 1. The van der Waals surface area contributed by atoms with E-state index in [4.69, 9.17) is 4.74 Å². The highest BCUT2D eigenvalue weighted by Crippen LogP contribution is 2.17. The number of thiazole rings is 1. The molecule has 1 aromatic carbocycles. The second-order valence-corrected chi connectivity index (χ2v) is 10.1. The van der Waals surface area contributed by atoms with Gasteiger partial charge < -0.3 is 10.1 Å². The molecular weight excluding hydrogens is 424 g/mol. The summed E-state index contributed by atoms with van der Waals surface area (Å²) in [6.45, 7) is 4.88. The third-order valence-electron chi connectivity index (χ3n) is 4.77. The van der Waals surface area contributed by atoms with Crippen molar-refractivity contribution in [2.45, 2.75) is 31.3 Å². The summed E-state index contributed by atoms with van der Waals surface area (Å²) in [6, 6.07) is 6.65. The molecule has 0 unspecified atom stereocenters. The number of ether oxygens (including phenoxy) is 1. The predicted octanol–water partition coefficient (Wildman–Crippen LogP) is 1.47. The molecule has 1 fully saturated rings. The quantitative estimate of drug-likeness (QED) is 0.620. The summed E-state index contributed by atoms with van der Waals surface area (Å²) in [5.41, 5.74) is 1.82. The molecule has 30 heavy (non-hydrogen) atoms. The van der Waals surface area contributed by atoms with Crippen LogP contribution in [0.25, 0.3) is 0 Å². The van der Waals surface area contributed by atoms with Crippen molar-refractivity contribution in [2.24, 2.45) is 0 Å². The molecule has 1 amide bonds. The van der Waals surface area contributed by atoms with Crippen LogP contribution in [-0.4, -0.2) is 68.4 Å². The van der Waals surface area contributed by atoms with Crippen LogP contribution in [0.2, 0.25) is 0 Å².